The van der Waals surface area contributed by atoms with Crippen molar-refractivity contribution < 1.29 is 4.74 Å². The van der Waals surface area contributed by atoms with Crippen molar-refractivity contribution in [3.63, 3.8) is 0 Å². The van der Waals surface area contributed by atoms with Crippen LogP contribution >= 0.6 is 11.3 Å². The molecule has 48 valence electrons. The van der Waals surface area contributed by atoms with Gasteiger partial charge in [-0.05, 0) is 6.92 Å². The number of hydrogen-bond donors (Lipinski definition) is 0. The number of epoxide rings is 1. The van der Waals surface area contributed by atoms with Gasteiger partial charge in [0.25, 0.3) is 0 Å². The number of nitrogens with zero attached hydrogens (tertiary/aromatic N) is 1. The van der Waals surface area contributed by atoms with Gasteiger partial charge in [-0.1, -0.05) is 0 Å². The van der Waals surface area contributed by atoms with Gasteiger partial charge in [-0.2, -0.15) is 0 Å². The summed E-state index contributed by atoms with van der Waals surface area (Å²) in [6.45, 7) is 2.90. The lowest BCUT2D eigenvalue weighted by atomic mass is 10.2. The molecule has 0 amide bonds. The molecule has 3 heteroatoms. The molecule has 2 heterocycles. The number of ether oxygens (including phenoxy) is 1. The number of hydrogen-bond acceptors (Lipinski definition) is 3. The number of thiazole rings is 1. The van der Waals surface area contributed by atoms with Gasteiger partial charge in [0, 0.05) is 11.6 Å². The Balaban J connectivity index is 2.34. The normalized spacial score (nSPS) is 32.6. The summed E-state index contributed by atoms with van der Waals surface area (Å²) in [4.78, 5) is 4.14. The third-order valence-corrected chi connectivity index (χ3v) is 2.48. The van der Waals surface area contributed by atoms with Crippen molar-refractivity contribution in [2.24, 2.45) is 0 Å². The lowest BCUT2D eigenvalue weighted by Crippen LogP contribution is -1.99. The Hall–Kier alpha value is -0.410. The second-order valence-electron chi connectivity index (χ2n) is 2.36. The first-order valence-corrected chi connectivity index (χ1v) is 3.73. The van der Waals surface area contributed by atoms with E-state index in [2.05, 4.69) is 11.9 Å². The van der Waals surface area contributed by atoms with Gasteiger partial charge in [-0.15, -0.1) is 11.3 Å². The molecule has 0 unspecified atom stereocenters. The Labute approximate surface area is 57.5 Å². The van der Waals surface area contributed by atoms with E-state index in [-0.39, 0.29) is 5.60 Å². The lowest BCUT2D eigenvalue weighted by molar-refractivity contribution is 0.329. The van der Waals surface area contributed by atoms with Crippen molar-refractivity contribution in [1.82, 2.24) is 4.98 Å². The number of aromatic nitrogens is 1. The molecule has 0 spiro atoms. The van der Waals surface area contributed by atoms with E-state index in [0.717, 1.165) is 11.6 Å². The Bertz CT molecular complexity index is 203. The molecule has 9 heavy (non-hydrogen) atoms. The molecule has 0 N–H and O–H groups in total. The average molecular weight is 141 g/mol. The zero-order chi connectivity index (χ0) is 6.32. The van der Waals surface area contributed by atoms with Crippen LogP contribution in [0.2, 0.25) is 0 Å². The maximum absolute atomic E-state index is 5.19. The molecule has 1 aliphatic heterocycles. The van der Waals surface area contributed by atoms with Gasteiger partial charge in [-0.3, -0.25) is 0 Å². The molecule has 0 aromatic carbocycles. The largest absolute Gasteiger partial charge is 0.362 e. The summed E-state index contributed by atoms with van der Waals surface area (Å²) in [5, 5.41) is 3.07. The van der Waals surface area contributed by atoms with Crippen molar-refractivity contribution in [2.75, 3.05) is 6.61 Å². The van der Waals surface area contributed by atoms with E-state index in [0.29, 0.717) is 0 Å². The van der Waals surface area contributed by atoms with Gasteiger partial charge in [0.05, 0.1) is 6.61 Å². The summed E-state index contributed by atoms with van der Waals surface area (Å²) in [6.07, 6.45) is 1.81. The second-order valence-corrected chi connectivity index (χ2v) is 3.25. The topological polar surface area (TPSA) is 25.4 Å². The molecular formula is C6H7NOS. The van der Waals surface area contributed by atoms with Crippen molar-refractivity contribution in [2.45, 2.75) is 12.5 Å². The molecule has 1 aliphatic rings. The van der Waals surface area contributed by atoms with E-state index < -0.39 is 0 Å². The Kier molecular flexibility index (Phi) is 0.926. The minimum absolute atomic E-state index is 0.0197. The van der Waals surface area contributed by atoms with Crippen LogP contribution in [0.4, 0.5) is 0 Å². The van der Waals surface area contributed by atoms with Crippen LogP contribution in [0.1, 0.15) is 11.9 Å². The quantitative estimate of drug-likeness (QED) is 0.552. The molecule has 1 aromatic heterocycles. The average Bonchev–Trinajstić information content (AvgIpc) is 2.46. The van der Waals surface area contributed by atoms with Gasteiger partial charge in [0.15, 0.2) is 0 Å². The summed E-state index contributed by atoms with van der Waals surface area (Å²) < 4.78 is 5.19. The molecule has 0 saturated carbocycles. The summed E-state index contributed by atoms with van der Waals surface area (Å²) in [5.74, 6) is 0. The Morgan fingerprint density at radius 3 is 3.11 bits per heavy atom. The fourth-order valence-corrected chi connectivity index (χ4v) is 1.46. The first-order valence-electron chi connectivity index (χ1n) is 2.85. The third-order valence-electron chi connectivity index (χ3n) is 1.46. The van der Waals surface area contributed by atoms with E-state index >= 15 is 0 Å². The van der Waals surface area contributed by atoms with Crippen molar-refractivity contribution in [3.05, 3.63) is 16.6 Å². The molecule has 0 bridgehead atoms. The third kappa shape index (κ3) is 0.767. The van der Waals surface area contributed by atoms with Gasteiger partial charge < -0.3 is 4.74 Å². The van der Waals surface area contributed by atoms with Crippen LogP contribution in [-0.4, -0.2) is 11.6 Å². The van der Waals surface area contributed by atoms with Crippen LogP contribution in [0.15, 0.2) is 11.6 Å². The summed E-state index contributed by atoms with van der Waals surface area (Å²) in [6, 6.07) is 0. The molecule has 0 radical (unpaired) electrons. The highest BCUT2D eigenvalue weighted by Gasteiger charge is 2.43. The van der Waals surface area contributed by atoms with E-state index in [1.165, 1.54) is 0 Å². The molecule has 1 saturated heterocycles. The van der Waals surface area contributed by atoms with E-state index in [4.69, 9.17) is 4.74 Å². The highest BCUT2D eigenvalue weighted by molar-refractivity contribution is 7.09. The Morgan fingerprint density at radius 1 is 1.89 bits per heavy atom. The molecule has 2 nitrogen and oxygen atoms in total. The van der Waals surface area contributed by atoms with Crippen LogP contribution in [0.3, 0.4) is 0 Å². The molecule has 1 atom stereocenters. The summed E-state index contributed by atoms with van der Waals surface area (Å²) >= 11 is 1.66. The van der Waals surface area contributed by atoms with Crippen molar-refractivity contribution >= 4 is 11.3 Å². The first-order chi connectivity index (χ1) is 4.31. The highest BCUT2D eigenvalue weighted by atomic mass is 32.1. The maximum Gasteiger partial charge on any atom is 0.140 e. The molecule has 1 fully saturated rings. The summed E-state index contributed by atoms with van der Waals surface area (Å²) in [5.41, 5.74) is -0.0197. The Morgan fingerprint density at radius 2 is 2.67 bits per heavy atom. The SMILES string of the molecule is C[C@]1(c2nccs2)CO1. The summed E-state index contributed by atoms with van der Waals surface area (Å²) in [7, 11) is 0. The smallest absolute Gasteiger partial charge is 0.140 e. The van der Waals surface area contributed by atoms with Crippen LogP contribution in [0, 0.1) is 0 Å². The molecule has 0 aliphatic carbocycles. The van der Waals surface area contributed by atoms with Gasteiger partial charge in [-0.25, -0.2) is 4.98 Å². The van der Waals surface area contributed by atoms with Crippen LogP contribution in [0.25, 0.3) is 0 Å². The van der Waals surface area contributed by atoms with Crippen molar-refractivity contribution in [1.29, 1.82) is 0 Å². The highest BCUT2D eigenvalue weighted by Crippen LogP contribution is 2.38. The molecule has 1 aromatic rings. The van der Waals surface area contributed by atoms with Gasteiger partial charge >= 0.3 is 0 Å². The maximum atomic E-state index is 5.19. The molecular weight excluding hydrogens is 134 g/mol. The fourth-order valence-electron chi connectivity index (χ4n) is 0.716. The number of rotatable bonds is 1. The molecule has 2 rings (SSSR count). The van der Waals surface area contributed by atoms with E-state index in [9.17, 15) is 0 Å². The predicted molar refractivity (Wildman–Crippen MR) is 35.4 cm³/mol. The standard InChI is InChI=1S/C6H7NOS/c1-6(4-8-6)5-7-2-3-9-5/h2-3H,4H2,1H3/t6-/m1/s1. The fraction of sp³-hybridized carbons (Fsp3) is 0.500. The minimum atomic E-state index is -0.0197. The first kappa shape index (κ1) is 5.38. The zero-order valence-corrected chi connectivity index (χ0v) is 5.94. The van der Waals surface area contributed by atoms with Crippen LogP contribution in [0.5, 0.6) is 0 Å². The lowest BCUT2D eigenvalue weighted by Gasteiger charge is -1.95. The van der Waals surface area contributed by atoms with Crippen molar-refractivity contribution in [3.8, 4) is 0 Å². The monoisotopic (exact) mass is 141 g/mol. The van der Waals surface area contributed by atoms with Gasteiger partial charge in [0.2, 0.25) is 0 Å². The minimum Gasteiger partial charge on any atom is -0.362 e. The van der Waals surface area contributed by atoms with Gasteiger partial charge in [0.1, 0.15) is 10.6 Å². The predicted octanol–water partition coefficient (Wildman–Crippen LogP) is 1.39. The van der Waals surface area contributed by atoms with E-state index in [1.54, 1.807) is 11.3 Å². The van der Waals surface area contributed by atoms with E-state index in [1.807, 2.05) is 11.6 Å². The second kappa shape index (κ2) is 1.55. The van der Waals surface area contributed by atoms with Crippen LogP contribution in [-0.2, 0) is 10.3 Å². The zero-order valence-electron chi connectivity index (χ0n) is 5.13. The van der Waals surface area contributed by atoms with Crippen LogP contribution < -0.4 is 0 Å².